The van der Waals surface area contributed by atoms with Crippen LogP contribution in [-0.2, 0) is 0 Å². The van der Waals surface area contributed by atoms with Gasteiger partial charge in [-0.1, -0.05) is 24.3 Å². The lowest BCUT2D eigenvalue weighted by atomic mass is 9.82. The first kappa shape index (κ1) is 23.7. The number of benzene rings is 2. The van der Waals surface area contributed by atoms with Crippen LogP contribution in [0, 0.1) is 11.7 Å². The molecule has 4 unspecified atom stereocenters. The Bertz CT molecular complexity index is 1440. The first-order chi connectivity index (χ1) is 18.7. The van der Waals surface area contributed by atoms with Crippen LogP contribution in [-0.4, -0.2) is 46.7 Å². The van der Waals surface area contributed by atoms with Crippen molar-refractivity contribution in [2.75, 3.05) is 19.6 Å². The van der Waals surface area contributed by atoms with E-state index in [0.717, 1.165) is 78.2 Å². The topological polar surface area (TPSA) is 98.9 Å². The van der Waals surface area contributed by atoms with Gasteiger partial charge in [0.05, 0.1) is 23.3 Å². The van der Waals surface area contributed by atoms with Crippen LogP contribution in [0.5, 0.6) is 5.75 Å². The number of para-hydroxylation sites is 1. The van der Waals surface area contributed by atoms with E-state index in [4.69, 9.17) is 9.72 Å². The molecule has 4 aromatic rings. The Morgan fingerprint density at radius 1 is 0.974 bits per heavy atom. The minimum atomic E-state index is -0.250. The second-order valence-corrected chi connectivity index (χ2v) is 10.6. The number of fused-ring (bicyclic) bond motifs is 2. The molecule has 0 amide bonds. The summed E-state index contributed by atoms with van der Waals surface area (Å²) in [5.41, 5.74) is 11.7. The van der Waals surface area contributed by atoms with E-state index in [2.05, 4.69) is 37.5 Å². The summed E-state index contributed by atoms with van der Waals surface area (Å²) in [5.74, 6) is 1.82. The Kier molecular flexibility index (Phi) is 6.29. The van der Waals surface area contributed by atoms with Gasteiger partial charge < -0.3 is 20.4 Å². The average molecular weight is 514 g/mol. The molecule has 9 heteroatoms. The predicted octanol–water partition coefficient (Wildman–Crippen LogP) is 3.76. The second kappa shape index (κ2) is 10.1. The van der Waals surface area contributed by atoms with Crippen molar-refractivity contribution in [1.82, 2.24) is 36.4 Å². The van der Waals surface area contributed by atoms with Gasteiger partial charge in [0, 0.05) is 36.3 Å². The molecule has 5 heterocycles. The number of nitrogens with zero attached hydrogens (tertiary/aromatic N) is 2. The van der Waals surface area contributed by atoms with Crippen molar-refractivity contribution < 1.29 is 9.13 Å². The van der Waals surface area contributed by atoms with Crippen molar-refractivity contribution in [3.05, 3.63) is 78.1 Å². The lowest BCUT2D eigenvalue weighted by molar-refractivity contribution is 0.161. The molecule has 196 valence electrons. The monoisotopic (exact) mass is 513 g/mol. The first-order valence-electron chi connectivity index (χ1n) is 13.5. The van der Waals surface area contributed by atoms with Crippen LogP contribution in [0.25, 0.3) is 22.2 Å². The zero-order valence-electron chi connectivity index (χ0n) is 21.1. The Morgan fingerprint density at radius 3 is 2.76 bits per heavy atom. The molecular formula is C29H32FN7O. The van der Waals surface area contributed by atoms with Crippen LogP contribution in [0.2, 0.25) is 0 Å². The summed E-state index contributed by atoms with van der Waals surface area (Å²) in [6.07, 6.45) is 6.99. The quantitative estimate of drug-likeness (QED) is 0.277. The molecule has 3 aliphatic heterocycles. The minimum Gasteiger partial charge on any atom is -0.489 e. The summed E-state index contributed by atoms with van der Waals surface area (Å²) in [7, 11) is 0. The molecule has 3 saturated heterocycles. The molecule has 2 aromatic heterocycles. The van der Waals surface area contributed by atoms with Crippen molar-refractivity contribution in [2.24, 2.45) is 5.92 Å². The number of pyridine rings is 1. The highest BCUT2D eigenvalue weighted by Crippen LogP contribution is 2.39. The standard InChI is InChI=1S/C29H32FN7O/c30-19-4-1-3-17(11-19)22-5-2-6-24-27(22)35-29(34-24)28-23-13-25(33-16-26(23)36-37-28)18-12-21(15-32-14-18)38-20-7-9-31-10-8-20/h1-6,11-12,14-15,20,23,25-26,28,31,33,36-37H,7-10,13,16H2,(H,34,35). The molecule has 0 saturated carbocycles. The first-order valence-corrected chi connectivity index (χ1v) is 13.5. The van der Waals surface area contributed by atoms with Crippen molar-refractivity contribution in [3.63, 3.8) is 0 Å². The fourth-order valence-electron chi connectivity index (χ4n) is 6.18. The van der Waals surface area contributed by atoms with Gasteiger partial charge in [-0.2, -0.15) is 0 Å². The highest BCUT2D eigenvalue weighted by molar-refractivity contribution is 5.92. The lowest BCUT2D eigenvalue weighted by Gasteiger charge is -2.34. The maximum absolute atomic E-state index is 13.9. The van der Waals surface area contributed by atoms with Gasteiger partial charge in [0.25, 0.3) is 0 Å². The van der Waals surface area contributed by atoms with Crippen molar-refractivity contribution in [3.8, 4) is 16.9 Å². The van der Waals surface area contributed by atoms with E-state index in [1.165, 1.54) is 6.07 Å². The van der Waals surface area contributed by atoms with Crippen LogP contribution in [0.4, 0.5) is 4.39 Å². The summed E-state index contributed by atoms with van der Waals surface area (Å²) >= 11 is 0. The highest BCUT2D eigenvalue weighted by Gasteiger charge is 2.42. The fraction of sp³-hybridized carbons (Fsp3) is 0.379. The number of nitrogens with one attached hydrogen (secondary N) is 5. The van der Waals surface area contributed by atoms with Gasteiger partial charge in [0.1, 0.15) is 23.5 Å². The average Bonchev–Trinajstić information content (AvgIpc) is 3.57. The zero-order chi connectivity index (χ0) is 25.5. The summed E-state index contributed by atoms with van der Waals surface area (Å²) in [5, 5.41) is 7.08. The number of hydrazine groups is 1. The molecule has 0 spiro atoms. The van der Waals surface area contributed by atoms with E-state index in [1.54, 1.807) is 12.1 Å². The molecule has 0 radical (unpaired) electrons. The van der Waals surface area contributed by atoms with E-state index < -0.39 is 0 Å². The van der Waals surface area contributed by atoms with Gasteiger partial charge in [-0.15, -0.1) is 0 Å². The van der Waals surface area contributed by atoms with Gasteiger partial charge in [-0.05, 0) is 67.7 Å². The maximum Gasteiger partial charge on any atom is 0.138 e. The van der Waals surface area contributed by atoms with Crippen LogP contribution < -0.4 is 26.2 Å². The molecule has 3 fully saturated rings. The second-order valence-electron chi connectivity index (χ2n) is 10.6. The minimum absolute atomic E-state index is 0.0273. The molecule has 7 rings (SSSR count). The highest BCUT2D eigenvalue weighted by atomic mass is 19.1. The van der Waals surface area contributed by atoms with Gasteiger partial charge in [-0.3, -0.25) is 10.4 Å². The van der Waals surface area contributed by atoms with Crippen LogP contribution in [0.3, 0.4) is 0 Å². The van der Waals surface area contributed by atoms with E-state index >= 15 is 0 Å². The molecule has 0 aliphatic carbocycles. The van der Waals surface area contributed by atoms with Crippen molar-refractivity contribution in [1.29, 1.82) is 0 Å². The summed E-state index contributed by atoms with van der Waals surface area (Å²) < 4.78 is 20.2. The lowest BCUT2D eigenvalue weighted by Crippen LogP contribution is -2.46. The molecule has 4 atom stereocenters. The van der Waals surface area contributed by atoms with E-state index in [0.29, 0.717) is 5.92 Å². The van der Waals surface area contributed by atoms with Crippen molar-refractivity contribution in [2.45, 2.75) is 43.5 Å². The van der Waals surface area contributed by atoms with Crippen LogP contribution in [0.15, 0.2) is 60.9 Å². The third kappa shape index (κ3) is 4.56. The number of rotatable bonds is 5. The Hall–Kier alpha value is -3.37. The van der Waals surface area contributed by atoms with Gasteiger partial charge in [0.15, 0.2) is 0 Å². The number of aromatic nitrogens is 3. The van der Waals surface area contributed by atoms with E-state index in [-0.39, 0.29) is 30.0 Å². The molecule has 2 aromatic carbocycles. The third-order valence-corrected chi connectivity index (χ3v) is 8.15. The SMILES string of the molecule is Fc1cccc(-c2cccc3[nH]c(C4NNC5CNC(c6cncc(OC7CCNCC7)c6)CC54)nc23)c1. The fourth-order valence-corrected chi connectivity index (χ4v) is 6.18. The molecule has 38 heavy (non-hydrogen) atoms. The number of halogens is 1. The molecular weight excluding hydrogens is 481 g/mol. The maximum atomic E-state index is 13.9. The summed E-state index contributed by atoms with van der Waals surface area (Å²) in [4.78, 5) is 13.1. The Morgan fingerprint density at radius 2 is 1.87 bits per heavy atom. The predicted molar refractivity (Wildman–Crippen MR) is 144 cm³/mol. The number of ether oxygens (including phenoxy) is 1. The smallest absolute Gasteiger partial charge is 0.138 e. The van der Waals surface area contributed by atoms with Gasteiger partial charge in [0.2, 0.25) is 0 Å². The van der Waals surface area contributed by atoms with Crippen LogP contribution >= 0.6 is 0 Å². The van der Waals surface area contributed by atoms with Crippen molar-refractivity contribution >= 4 is 11.0 Å². The Labute approximate surface area is 220 Å². The van der Waals surface area contributed by atoms with E-state index in [9.17, 15) is 4.39 Å². The third-order valence-electron chi connectivity index (χ3n) is 8.15. The van der Waals surface area contributed by atoms with E-state index in [1.807, 2.05) is 36.7 Å². The number of piperidine rings is 2. The number of imidazole rings is 1. The molecule has 3 aliphatic rings. The number of hydrogen-bond donors (Lipinski definition) is 5. The Balaban J connectivity index is 1.13. The molecule has 0 bridgehead atoms. The molecule has 8 nitrogen and oxygen atoms in total. The number of hydrogen-bond acceptors (Lipinski definition) is 7. The number of aromatic amines is 1. The summed E-state index contributed by atoms with van der Waals surface area (Å²) in [6, 6.07) is 15.3. The normalized spacial score (nSPS) is 25.9. The zero-order valence-corrected chi connectivity index (χ0v) is 21.1. The van der Waals surface area contributed by atoms with Gasteiger partial charge in [-0.25, -0.2) is 14.8 Å². The molecule has 5 N–H and O–H groups in total. The number of H-pyrrole nitrogens is 1. The van der Waals surface area contributed by atoms with Gasteiger partial charge >= 0.3 is 0 Å². The largest absolute Gasteiger partial charge is 0.489 e. The van der Waals surface area contributed by atoms with Crippen LogP contribution in [0.1, 0.15) is 42.7 Å². The summed E-state index contributed by atoms with van der Waals surface area (Å²) in [6.45, 7) is 2.84.